The van der Waals surface area contributed by atoms with Gasteiger partial charge in [0.2, 0.25) is 0 Å². The zero-order valence-electron chi connectivity index (χ0n) is 15.1. The van der Waals surface area contributed by atoms with Crippen LogP contribution in [0.15, 0.2) is 29.3 Å². The summed E-state index contributed by atoms with van der Waals surface area (Å²) in [6.07, 6.45) is 0. The number of para-hydroxylation sites is 1. The number of guanidine groups is 1. The van der Waals surface area contributed by atoms with E-state index >= 15 is 0 Å². The van der Waals surface area contributed by atoms with Crippen molar-refractivity contribution in [3.63, 3.8) is 0 Å². The molecule has 0 unspecified atom stereocenters. The fraction of sp³-hybridized carbons (Fsp3) is 0.611. The third-order valence-electron chi connectivity index (χ3n) is 3.63. The Kier molecular flexibility index (Phi) is 9.87. The molecule has 1 aromatic carbocycles. The van der Waals surface area contributed by atoms with E-state index in [1.165, 1.54) is 0 Å². The summed E-state index contributed by atoms with van der Waals surface area (Å²) in [7, 11) is 0. The summed E-state index contributed by atoms with van der Waals surface area (Å²) in [4.78, 5) is 6.97. The summed E-state index contributed by atoms with van der Waals surface area (Å²) < 4.78 is 5.97. The van der Waals surface area contributed by atoms with Gasteiger partial charge in [-0.15, -0.1) is 0 Å². The highest BCUT2D eigenvalue weighted by atomic mass is 16.5. The van der Waals surface area contributed by atoms with Crippen LogP contribution in [0.1, 0.15) is 33.3 Å². The van der Waals surface area contributed by atoms with E-state index in [0.29, 0.717) is 13.2 Å². The summed E-state index contributed by atoms with van der Waals surface area (Å²) in [6, 6.07) is 8.14. The number of nitrogens with zero attached hydrogens (tertiary/aromatic N) is 2. The topological polar surface area (TPSA) is 48.9 Å². The first-order chi connectivity index (χ1) is 11.2. The third kappa shape index (κ3) is 7.37. The summed E-state index contributed by atoms with van der Waals surface area (Å²) in [5.41, 5.74) is 1.11. The van der Waals surface area contributed by atoms with Gasteiger partial charge in [0.25, 0.3) is 0 Å². The average Bonchev–Trinajstić information content (AvgIpc) is 2.58. The number of rotatable bonds is 10. The Morgan fingerprint density at radius 3 is 2.30 bits per heavy atom. The number of ether oxygens (including phenoxy) is 1. The van der Waals surface area contributed by atoms with Crippen molar-refractivity contribution in [3.05, 3.63) is 29.8 Å². The zero-order valence-corrected chi connectivity index (χ0v) is 15.1. The molecule has 0 saturated heterocycles. The van der Waals surface area contributed by atoms with Crippen LogP contribution >= 0.6 is 0 Å². The van der Waals surface area contributed by atoms with Gasteiger partial charge >= 0.3 is 0 Å². The molecule has 0 heterocycles. The molecule has 0 saturated carbocycles. The van der Waals surface area contributed by atoms with E-state index in [0.717, 1.165) is 50.0 Å². The van der Waals surface area contributed by atoms with E-state index < -0.39 is 0 Å². The van der Waals surface area contributed by atoms with Crippen LogP contribution in [0, 0.1) is 0 Å². The van der Waals surface area contributed by atoms with Crippen molar-refractivity contribution in [1.82, 2.24) is 15.5 Å². The molecule has 2 N–H and O–H groups in total. The molecule has 130 valence electrons. The summed E-state index contributed by atoms with van der Waals surface area (Å²) in [5, 5.41) is 6.48. The molecule has 0 fully saturated rings. The van der Waals surface area contributed by atoms with Gasteiger partial charge in [0.1, 0.15) is 12.4 Å². The minimum atomic E-state index is 0.608. The molecule has 23 heavy (non-hydrogen) atoms. The highest BCUT2D eigenvalue weighted by Crippen LogP contribution is 2.18. The van der Waals surface area contributed by atoms with Crippen LogP contribution in [0.5, 0.6) is 5.75 Å². The second kappa shape index (κ2) is 11.8. The van der Waals surface area contributed by atoms with Gasteiger partial charge < -0.3 is 20.3 Å². The smallest absolute Gasteiger partial charge is 0.191 e. The fourth-order valence-corrected chi connectivity index (χ4v) is 2.27. The van der Waals surface area contributed by atoms with Crippen LogP contribution in [0.25, 0.3) is 0 Å². The lowest BCUT2D eigenvalue weighted by molar-refractivity contribution is 0.221. The third-order valence-corrected chi connectivity index (χ3v) is 3.63. The Bertz CT molecular complexity index is 450. The number of nitrogens with one attached hydrogen (secondary N) is 2. The van der Waals surface area contributed by atoms with E-state index in [-0.39, 0.29) is 0 Å². The van der Waals surface area contributed by atoms with Gasteiger partial charge in [-0.1, -0.05) is 32.0 Å². The molecule has 0 bridgehead atoms. The van der Waals surface area contributed by atoms with E-state index in [1.807, 2.05) is 18.2 Å². The van der Waals surface area contributed by atoms with Crippen LogP contribution in [-0.4, -0.2) is 50.2 Å². The SMILES string of the molecule is CCNC(=NCc1ccccc1OCCN(CC)CC)NCC. The molecule has 0 aliphatic carbocycles. The van der Waals surface area contributed by atoms with Crippen LogP contribution < -0.4 is 15.4 Å². The molecule has 0 radical (unpaired) electrons. The summed E-state index contributed by atoms with van der Waals surface area (Å²) in [6.45, 7) is 14.6. The lowest BCUT2D eigenvalue weighted by atomic mass is 10.2. The molecule has 0 aromatic heterocycles. The standard InChI is InChI=1S/C18H32N4O/c1-5-19-18(20-6-2)21-15-16-11-9-10-12-17(16)23-14-13-22(7-3)8-4/h9-12H,5-8,13-15H2,1-4H3,(H2,19,20,21). The average molecular weight is 320 g/mol. The lowest BCUT2D eigenvalue weighted by Crippen LogP contribution is -2.37. The van der Waals surface area contributed by atoms with Gasteiger partial charge in [0.15, 0.2) is 5.96 Å². The second-order valence-electron chi connectivity index (χ2n) is 5.21. The normalized spacial score (nSPS) is 10.5. The first-order valence-corrected chi connectivity index (χ1v) is 8.70. The minimum Gasteiger partial charge on any atom is -0.492 e. The van der Waals surface area contributed by atoms with E-state index in [1.54, 1.807) is 0 Å². The first-order valence-electron chi connectivity index (χ1n) is 8.70. The van der Waals surface area contributed by atoms with Crippen LogP contribution in [0.3, 0.4) is 0 Å². The Labute approximate surface area is 141 Å². The minimum absolute atomic E-state index is 0.608. The van der Waals surface area contributed by atoms with Crippen LogP contribution in [0.4, 0.5) is 0 Å². The van der Waals surface area contributed by atoms with Crippen molar-refractivity contribution in [2.75, 3.05) is 39.3 Å². The Morgan fingerprint density at radius 1 is 1.04 bits per heavy atom. The lowest BCUT2D eigenvalue weighted by Gasteiger charge is -2.18. The summed E-state index contributed by atoms with van der Waals surface area (Å²) >= 11 is 0. The van der Waals surface area contributed by atoms with Gasteiger partial charge in [0.05, 0.1) is 6.54 Å². The maximum Gasteiger partial charge on any atom is 0.191 e. The Balaban J connectivity index is 2.63. The van der Waals surface area contributed by atoms with Crippen molar-refractivity contribution in [3.8, 4) is 5.75 Å². The molecule has 1 aromatic rings. The maximum absolute atomic E-state index is 5.97. The Hall–Kier alpha value is -1.75. The van der Waals surface area contributed by atoms with Crippen molar-refractivity contribution in [2.45, 2.75) is 34.2 Å². The van der Waals surface area contributed by atoms with Crippen LogP contribution in [-0.2, 0) is 6.54 Å². The van der Waals surface area contributed by atoms with Gasteiger partial charge in [-0.2, -0.15) is 0 Å². The first kappa shape index (κ1) is 19.3. The molecular weight excluding hydrogens is 288 g/mol. The van der Waals surface area contributed by atoms with Gasteiger partial charge in [-0.05, 0) is 33.0 Å². The number of benzene rings is 1. The zero-order chi connectivity index (χ0) is 16.9. The predicted molar refractivity (Wildman–Crippen MR) is 98.2 cm³/mol. The molecule has 0 spiro atoms. The molecule has 0 aliphatic rings. The number of hydrogen-bond acceptors (Lipinski definition) is 3. The molecule has 5 heteroatoms. The summed E-state index contributed by atoms with van der Waals surface area (Å²) in [5.74, 6) is 1.77. The maximum atomic E-state index is 5.97. The van der Waals surface area contributed by atoms with Crippen molar-refractivity contribution in [2.24, 2.45) is 4.99 Å². The number of hydrogen-bond donors (Lipinski definition) is 2. The molecular formula is C18H32N4O. The molecule has 0 amide bonds. The highest BCUT2D eigenvalue weighted by Gasteiger charge is 2.05. The van der Waals surface area contributed by atoms with Gasteiger partial charge in [0, 0.05) is 25.2 Å². The quantitative estimate of drug-likeness (QED) is 0.514. The van der Waals surface area contributed by atoms with E-state index in [9.17, 15) is 0 Å². The van der Waals surface area contributed by atoms with Crippen LogP contribution in [0.2, 0.25) is 0 Å². The van der Waals surface area contributed by atoms with Gasteiger partial charge in [-0.25, -0.2) is 4.99 Å². The van der Waals surface area contributed by atoms with Gasteiger partial charge in [-0.3, -0.25) is 0 Å². The van der Waals surface area contributed by atoms with E-state index in [4.69, 9.17) is 4.74 Å². The van der Waals surface area contributed by atoms with Crippen molar-refractivity contribution >= 4 is 5.96 Å². The highest BCUT2D eigenvalue weighted by molar-refractivity contribution is 5.79. The van der Waals surface area contributed by atoms with Crippen molar-refractivity contribution < 1.29 is 4.74 Å². The fourth-order valence-electron chi connectivity index (χ4n) is 2.27. The van der Waals surface area contributed by atoms with E-state index in [2.05, 4.69) is 54.3 Å². The van der Waals surface area contributed by atoms with Crippen molar-refractivity contribution in [1.29, 1.82) is 0 Å². The largest absolute Gasteiger partial charge is 0.492 e. The number of likely N-dealkylation sites (N-methyl/N-ethyl adjacent to an activating group) is 1. The second-order valence-corrected chi connectivity index (χ2v) is 5.21. The molecule has 0 aliphatic heterocycles. The predicted octanol–water partition coefficient (Wildman–Crippen LogP) is 2.48. The number of aliphatic imine (C=N–C) groups is 1. The Morgan fingerprint density at radius 2 is 1.70 bits per heavy atom. The molecule has 5 nitrogen and oxygen atoms in total. The molecule has 1 rings (SSSR count). The monoisotopic (exact) mass is 320 g/mol. The molecule has 0 atom stereocenters.